The molecule has 21 heavy (non-hydrogen) atoms. The van der Waals surface area contributed by atoms with Crippen molar-refractivity contribution >= 4 is 11.6 Å². The Labute approximate surface area is 128 Å². The van der Waals surface area contributed by atoms with Gasteiger partial charge in [0.25, 0.3) is 5.88 Å². The normalized spacial score (nSPS) is 9.81. The molecule has 0 radical (unpaired) electrons. The minimum Gasteiger partial charge on any atom is -0.471 e. The van der Waals surface area contributed by atoms with Crippen molar-refractivity contribution in [3.63, 3.8) is 0 Å². The molecule has 0 atom stereocenters. The van der Waals surface area contributed by atoms with Crippen LogP contribution in [-0.2, 0) is 13.0 Å². The van der Waals surface area contributed by atoms with Gasteiger partial charge in [0.1, 0.15) is 12.4 Å². The van der Waals surface area contributed by atoms with E-state index in [1.165, 1.54) is 24.4 Å². The van der Waals surface area contributed by atoms with Crippen LogP contribution in [0, 0.1) is 11.6 Å². The molecule has 0 aliphatic heterocycles. The zero-order valence-electron chi connectivity index (χ0n) is 12.3. The van der Waals surface area contributed by atoms with E-state index in [1.54, 1.807) is 6.07 Å². The maximum atomic E-state index is 13.6. The van der Waals surface area contributed by atoms with Gasteiger partial charge >= 0.3 is 0 Å². The van der Waals surface area contributed by atoms with Crippen LogP contribution in [0.2, 0.25) is 5.02 Å². The number of ether oxygens (including phenoxy) is 1. The molecule has 1 aromatic heterocycles. The maximum absolute atomic E-state index is 13.6. The highest BCUT2D eigenvalue weighted by Gasteiger charge is 2.11. The van der Waals surface area contributed by atoms with Crippen LogP contribution in [0.5, 0.6) is 5.88 Å². The van der Waals surface area contributed by atoms with Gasteiger partial charge in [-0.05, 0) is 30.2 Å². The summed E-state index contributed by atoms with van der Waals surface area (Å²) >= 11 is 5.85. The van der Waals surface area contributed by atoms with Gasteiger partial charge in [-0.25, -0.2) is 13.8 Å². The zero-order chi connectivity index (χ0) is 15.8. The van der Waals surface area contributed by atoms with Crippen LogP contribution in [0.1, 0.15) is 31.9 Å². The van der Waals surface area contributed by atoms with Crippen LogP contribution >= 0.6 is 11.6 Å². The van der Waals surface area contributed by atoms with Gasteiger partial charge in [0.2, 0.25) is 0 Å². The highest BCUT2D eigenvalue weighted by molar-refractivity contribution is 6.31. The molecule has 114 valence electrons. The highest BCUT2D eigenvalue weighted by Crippen LogP contribution is 2.22. The van der Waals surface area contributed by atoms with Gasteiger partial charge in [0, 0.05) is 11.8 Å². The molecule has 0 aliphatic carbocycles. The standard InChI is InChI=1S/C14H12ClF2NO.C2H6/c1-2-9-6-13(17)14(18-7-9)19-8-10-11(15)4-3-5-12(10)16;1-2/h3-7H,2,8H2,1H3;1-2H3. The van der Waals surface area contributed by atoms with Crippen molar-refractivity contribution < 1.29 is 13.5 Å². The molecule has 0 spiro atoms. The van der Waals surface area contributed by atoms with E-state index in [2.05, 4.69) is 4.98 Å². The molecule has 0 aliphatic rings. The van der Waals surface area contributed by atoms with E-state index < -0.39 is 11.6 Å². The largest absolute Gasteiger partial charge is 0.471 e. The molecule has 0 bridgehead atoms. The van der Waals surface area contributed by atoms with Gasteiger partial charge in [-0.1, -0.05) is 38.4 Å². The molecule has 0 saturated heterocycles. The van der Waals surface area contributed by atoms with E-state index in [0.29, 0.717) is 6.42 Å². The fraction of sp³-hybridized carbons (Fsp3) is 0.312. The van der Waals surface area contributed by atoms with Gasteiger partial charge in [0.05, 0.1) is 5.02 Å². The number of aryl methyl sites for hydroxylation is 1. The number of hydrogen-bond donors (Lipinski definition) is 0. The average Bonchev–Trinajstić information content (AvgIpc) is 2.50. The van der Waals surface area contributed by atoms with Gasteiger partial charge in [-0.3, -0.25) is 0 Å². The molecule has 2 aromatic rings. The van der Waals surface area contributed by atoms with E-state index in [1.807, 2.05) is 20.8 Å². The third-order valence-electron chi connectivity index (χ3n) is 2.69. The Hall–Kier alpha value is -1.68. The van der Waals surface area contributed by atoms with Crippen LogP contribution in [-0.4, -0.2) is 4.98 Å². The van der Waals surface area contributed by atoms with E-state index in [9.17, 15) is 8.78 Å². The highest BCUT2D eigenvalue weighted by atomic mass is 35.5. The lowest BCUT2D eigenvalue weighted by atomic mass is 10.2. The fourth-order valence-electron chi connectivity index (χ4n) is 1.58. The second-order valence-corrected chi connectivity index (χ2v) is 4.38. The first-order valence-electron chi connectivity index (χ1n) is 6.82. The van der Waals surface area contributed by atoms with E-state index >= 15 is 0 Å². The van der Waals surface area contributed by atoms with Crippen LogP contribution in [0.4, 0.5) is 8.78 Å². The van der Waals surface area contributed by atoms with Gasteiger partial charge in [-0.2, -0.15) is 0 Å². The minimum atomic E-state index is -0.563. The number of hydrogen-bond acceptors (Lipinski definition) is 2. The Morgan fingerprint density at radius 2 is 1.90 bits per heavy atom. The van der Waals surface area contributed by atoms with E-state index in [-0.39, 0.29) is 23.1 Å². The second-order valence-electron chi connectivity index (χ2n) is 3.97. The van der Waals surface area contributed by atoms with Crippen LogP contribution < -0.4 is 4.74 Å². The van der Waals surface area contributed by atoms with Crippen molar-refractivity contribution in [3.05, 3.63) is 58.2 Å². The number of aromatic nitrogens is 1. The topological polar surface area (TPSA) is 22.1 Å². The number of halogens is 3. The Kier molecular flexibility index (Phi) is 7.09. The van der Waals surface area contributed by atoms with Gasteiger partial charge < -0.3 is 4.74 Å². The van der Waals surface area contributed by atoms with Crippen molar-refractivity contribution in [2.75, 3.05) is 0 Å². The third kappa shape index (κ3) is 4.67. The van der Waals surface area contributed by atoms with E-state index in [4.69, 9.17) is 16.3 Å². The van der Waals surface area contributed by atoms with Crippen molar-refractivity contribution in [2.24, 2.45) is 0 Å². The lowest BCUT2D eigenvalue weighted by Gasteiger charge is -2.09. The van der Waals surface area contributed by atoms with Crippen molar-refractivity contribution in [1.82, 2.24) is 4.98 Å². The molecule has 0 amide bonds. The summed E-state index contributed by atoms with van der Waals surface area (Å²) in [5, 5.41) is 0.241. The number of nitrogens with zero attached hydrogens (tertiary/aromatic N) is 1. The Balaban J connectivity index is 0.00000106. The first-order chi connectivity index (χ1) is 10.1. The molecule has 0 fully saturated rings. The number of benzene rings is 1. The molecular weight excluding hydrogens is 296 g/mol. The van der Waals surface area contributed by atoms with Gasteiger partial charge in [-0.15, -0.1) is 0 Å². The summed E-state index contributed by atoms with van der Waals surface area (Å²) in [5.41, 5.74) is 0.957. The van der Waals surface area contributed by atoms with Crippen LogP contribution in [0.25, 0.3) is 0 Å². The summed E-state index contributed by atoms with van der Waals surface area (Å²) in [5.74, 6) is -1.21. The molecule has 0 N–H and O–H groups in total. The lowest BCUT2D eigenvalue weighted by molar-refractivity contribution is 0.272. The molecule has 1 aromatic carbocycles. The predicted octanol–water partition coefficient (Wildman–Crippen LogP) is 5.18. The summed E-state index contributed by atoms with van der Waals surface area (Å²) < 4.78 is 32.3. The molecule has 0 saturated carbocycles. The Morgan fingerprint density at radius 3 is 2.48 bits per heavy atom. The molecule has 0 unspecified atom stereocenters. The summed E-state index contributed by atoms with van der Waals surface area (Å²) in [6.07, 6.45) is 2.21. The zero-order valence-corrected chi connectivity index (χ0v) is 13.0. The summed E-state index contributed by atoms with van der Waals surface area (Å²) in [4.78, 5) is 3.86. The predicted molar refractivity (Wildman–Crippen MR) is 80.7 cm³/mol. The third-order valence-corrected chi connectivity index (χ3v) is 3.04. The summed E-state index contributed by atoms with van der Waals surface area (Å²) in [6, 6.07) is 5.67. The molecule has 5 heteroatoms. The SMILES string of the molecule is CC.CCc1cnc(OCc2c(F)cccc2Cl)c(F)c1. The lowest BCUT2D eigenvalue weighted by Crippen LogP contribution is -2.03. The first kappa shape index (κ1) is 17.4. The minimum absolute atomic E-state index is 0.156. The van der Waals surface area contributed by atoms with Crippen molar-refractivity contribution in [2.45, 2.75) is 33.8 Å². The van der Waals surface area contributed by atoms with Gasteiger partial charge in [0.15, 0.2) is 5.82 Å². The summed E-state index contributed by atoms with van der Waals surface area (Å²) in [6.45, 7) is 5.73. The molecule has 2 nitrogen and oxygen atoms in total. The van der Waals surface area contributed by atoms with Crippen molar-refractivity contribution in [1.29, 1.82) is 0 Å². The first-order valence-corrected chi connectivity index (χ1v) is 7.19. The van der Waals surface area contributed by atoms with Crippen molar-refractivity contribution in [3.8, 4) is 5.88 Å². The molecule has 2 rings (SSSR count). The fourth-order valence-corrected chi connectivity index (χ4v) is 1.79. The number of pyridine rings is 1. The monoisotopic (exact) mass is 313 g/mol. The average molecular weight is 314 g/mol. The quantitative estimate of drug-likeness (QED) is 0.775. The van der Waals surface area contributed by atoms with E-state index in [0.717, 1.165) is 5.56 Å². The maximum Gasteiger partial charge on any atom is 0.250 e. The molecular formula is C16H18ClF2NO. The number of rotatable bonds is 4. The van der Waals surface area contributed by atoms with Crippen LogP contribution in [0.15, 0.2) is 30.5 Å². The smallest absolute Gasteiger partial charge is 0.250 e. The Morgan fingerprint density at radius 1 is 1.19 bits per heavy atom. The van der Waals surface area contributed by atoms with Crippen LogP contribution in [0.3, 0.4) is 0 Å². The second kappa shape index (κ2) is 8.57. The Bertz CT molecular complexity index is 570. The summed E-state index contributed by atoms with van der Waals surface area (Å²) in [7, 11) is 0. The molecule has 1 heterocycles.